The Morgan fingerprint density at radius 3 is 3.06 bits per heavy atom. The van der Waals surface area contributed by atoms with Gasteiger partial charge in [0.1, 0.15) is 6.10 Å². The van der Waals surface area contributed by atoms with Crippen LogP contribution in [0.5, 0.6) is 0 Å². The zero-order chi connectivity index (χ0) is 12.5. The number of fused-ring (bicyclic) bond motifs is 1. The number of hydrogen-bond donors (Lipinski definition) is 1. The fourth-order valence-electron chi connectivity index (χ4n) is 2.99. The lowest BCUT2D eigenvalue weighted by Crippen LogP contribution is -2.57. The number of ether oxygens (including phenoxy) is 1. The van der Waals surface area contributed by atoms with E-state index >= 15 is 0 Å². The first kappa shape index (κ1) is 11.9. The lowest BCUT2D eigenvalue weighted by Gasteiger charge is -2.39. The molecule has 6 nitrogen and oxygen atoms in total. The molecule has 0 spiro atoms. The minimum Gasteiger partial charge on any atom is -0.366 e. The summed E-state index contributed by atoms with van der Waals surface area (Å²) < 4.78 is 5.49. The molecule has 0 saturated carbocycles. The fourth-order valence-corrected chi connectivity index (χ4v) is 2.99. The topological polar surface area (TPSA) is 61.9 Å². The van der Waals surface area contributed by atoms with Crippen molar-refractivity contribution >= 4 is 11.8 Å². The molecule has 100 valence electrons. The minimum atomic E-state index is -0.345. The van der Waals surface area contributed by atoms with Crippen LogP contribution in [0.3, 0.4) is 0 Å². The average molecular weight is 253 g/mol. The highest BCUT2D eigenvalue weighted by Crippen LogP contribution is 2.23. The van der Waals surface area contributed by atoms with Gasteiger partial charge in [0.2, 0.25) is 5.91 Å². The molecule has 0 aromatic heterocycles. The lowest BCUT2D eigenvalue weighted by atomic mass is 10.1. The molecule has 3 rings (SSSR count). The van der Waals surface area contributed by atoms with Gasteiger partial charge in [-0.05, 0) is 6.42 Å². The summed E-state index contributed by atoms with van der Waals surface area (Å²) in [4.78, 5) is 27.6. The van der Waals surface area contributed by atoms with Crippen LogP contribution in [0.2, 0.25) is 0 Å². The van der Waals surface area contributed by atoms with Crippen LogP contribution in [0.15, 0.2) is 0 Å². The molecule has 3 fully saturated rings. The molecule has 0 bridgehead atoms. The molecule has 0 aromatic carbocycles. The molecular formula is C12H19N3O3. The smallest absolute Gasteiger partial charge is 0.253 e. The Morgan fingerprint density at radius 1 is 1.39 bits per heavy atom. The van der Waals surface area contributed by atoms with Crippen molar-refractivity contribution in [2.45, 2.75) is 25.0 Å². The average Bonchev–Trinajstić information content (AvgIpc) is 2.80. The van der Waals surface area contributed by atoms with Gasteiger partial charge in [-0.1, -0.05) is 0 Å². The number of carbonyl (C=O) groups excluding carboxylic acids is 2. The summed E-state index contributed by atoms with van der Waals surface area (Å²) in [5, 5.41) is 3.17. The summed E-state index contributed by atoms with van der Waals surface area (Å²) in [5.41, 5.74) is 0. The first-order valence-corrected chi connectivity index (χ1v) is 6.66. The third-order valence-electron chi connectivity index (χ3n) is 4.01. The van der Waals surface area contributed by atoms with Crippen molar-refractivity contribution in [3.63, 3.8) is 0 Å². The van der Waals surface area contributed by atoms with Crippen LogP contribution in [0.25, 0.3) is 0 Å². The van der Waals surface area contributed by atoms with Crippen LogP contribution in [-0.2, 0) is 14.3 Å². The normalized spacial score (nSPS) is 32.6. The van der Waals surface area contributed by atoms with E-state index in [2.05, 4.69) is 5.32 Å². The molecule has 1 N–H and O–H groups in total. The van der Waals surface area contributed by atoms with Crippen molar-refractivity contribution < 1.29 is 14.3 Å². The number of hydrogen-bond acceptors (Lipinski definition) is 4. The molecule has 2 atom stereocenters. The molecule has 0 aliphatic carbocycles. The van der Waals surface area contributed by atoms with E-state index in [4.69, 9.17) is 4.74 Å². The van der Waals surface area contributed by atoms with Crippen molar-refractivity contribution in [2.75, 3.05) is 39.3 Å². The van der Waals surface area contributed by atoms with E-state index in [1.165, 1.54) is 0 Å². The minimum absolute atomic E-state index is 0.0706. The number of rotatable bonds is 1. The number of amides is 2. The second-order valence-electron chi connectivity index (χ2n) is 5.13. The van der Waals surface area contributed by atoms with Gasteiger partial charge >= 0.3 is 0 Å². The van der Waals surface area contributed by atoms with Gasteiger partial charge in [0, 0.05) is 45.2 Å². The third-order valence-corrected chi connectivity index (χ3v) is 4.01. The molecule has 3 aliphatic heterocycles. The van der Waals surface area contributed by atoms with Gasteiger partial charge in [0.05, 0.1) is 6.61 Å². The van der Waals surface area contributed by atoms with Gasteiger partial charge in [0.15, 0.2) is 0 Å². The fraction of sp³-hybridized carbons (Fsp3) is 0.833. The summed E-state index contributed by atoms with van der Waals surface area (Å²) in [5.74, 6) is 0.309. The SMILES string of the molecule is O=C(C1CNCCO1)N1CCN2C(=O)CCC2C1. The monoisotopic (exact) mass is 253 g/mol. The molecule has 2 amide bonds. The van der Waals surface area contributed by atoms with Crippen LogP contribution in [0.4, 0.5) is 0 Å². The van der Waals surface area contributed by atoms with Crippen LogP contribution in [0.1, 0.15) is 12.8 Å². The van der Waals surface area contributed by atoms with Gasteiger partial charge in [-0.2, -0.15) is 0 Å². The Kier molecular flexibility index (Phi) is 3.22. The summed E-state index contributed by atoms with van der Waals surface area (Å²) in [6, 6.07) is 0.228. The summed E-state index contributed by atoms with van der Waals surface area (Å²) >= 11 is 0. The predicted octanol–water partition coefficient (Wildman–Crippen LogP) is -1.19. The maximum absolute atomic E-state index is 12.3. The number of morpholine rings is 1. The number of nitrogens with zero attached hydrogens (tertiary/aromatic N) is 2. The van der Waals surface area contributed by atoms with E-state index < -0.39 is 0 Å². The van der Waals surface area contributed by atoms with Gasteiger partial charge in [0.25, 0.3) is 5.91 Å². The van der Waals surface area contributed by atoms with E-state index in [9.17, 15) is 9.59 Å². The molecule has 2 unspecified atom stereocenters. The molecule has 18 heavy (non-hydrogen) atoms. The van der Waals surface area contributed by atoms with Crippen LogP contribution < -0.4 is 5.32 Å². The Morgan fingerprint density at radius 2 is 2.28 bits per heavy atom. The predicted molar refractivity (Wildman–Crippen MR) is 63.9 cm³/mol. The third kappa shape index (κ3) is 2.10. The first-order valence-electron chi connectivity index (χ1n) is 6.66. The van der Waals surface area contributed by atoms with E-state index in [-0.39, 0.29) is 24.0 Å². The van der Waals surface area contributed by atoms with Crippen molar-refractivity contribution in [1.29, 1.82) is 0 Å². The molecule has 3 aliphatic rings. The molecule has 0 radical (unpaired) electrons. The highest BCUT2D eigenvalue weighted by molar-refractivity contribution is 5.83. The Bertz CT molecular complexity index is 354. The Labute approximate surface area is 106 Å². The van der Waals surface area contributed by atoms with Gasteiger partial charge in [-0.25, -0.2) is 0 Å². The molecular weight excluding hydrogens is 234 g/mol. The zero-order valence-electron chi connectivity index (χ0n) is 10.4. The van der Waals surface area contributed by atoms with Gasteiger partial charge < -0.3 is 19.9 Å². The largest absolute Gasteiger partial charge is 0.366 e. The molecule has 0 aromatic rings. The van der Waals surface area contributed by atoms with Crippen molar-refractivity contribution in [2.24, 2.45) is 0 Å². The second-order valence-corrected chi connectivity index (χ2v) is 5.13. The second kappa shape index (κ2) is 4.85. The Balaban J connectivity index is 1.60. The van der Waals surface area contributed by atoms with E-state index in [0.29, 0.717) is 39.2 Å². The van der Waals surface area contributed by atoms with Gasteiger partial charge in [-0.3, -0.25) is 9.59 Å². The van der Waals surface area contributed by atoms with Crippen molar-refractivity contribution in [1.82, 2.24) is 15.1 Å². The zero-order valence-corrected chi connectivity index (χ0v) is 10.4. The molecule has 3 saturated heterocycles. The number of carbonyl (C=O) groups is 2. The highest BCUT2D eigenvalue weighted by atomic mass is 16.5. The van der Waals surface area contributed by atoms with E-state index in [1.807, 2.05) is 9.80 Å². The summed E-state index contributed by atoms with van der Waals surface area (Å²) in [6.07, 6.45) is 1.17. The number of piperazine rings is 1. The number of nitrogens with one attached hydrogen (secondary N) is 1. The lowest BCUT2D eigenvalue weighted by molar-refractivity contribution is -0.149. The molecule has 6 heteroatoms. The van der Waals surface area contributed by atoms with Crippen LogP contribution in [0, 0.1) is 0 Å². The quantitative estimate of drug-likeness (QED) is 0.638. The molecule has 3 heterocycles. The van der Waals surface area contributed by atoms with E-state index in [0.717, 1.165) is 13.0 Å². The summed E-state index contributed by atoms with van der Waals surface area (Å²) in [6.45, 7) is 4.00. The van der Waals surface area contributed by atoms with Crippen LogP contribution in [-0.4, -0.2) is 73.1 Å². The standard InChI is InChI=1S/C12H19N3O3/c16-11-2-1-9-8-14(4-5-15(9)11)12(17)10-7-13-3-6-18-10/h9-10,13H,1-8H2. The van der Waals surface area contributed by atoms with E-state index in [1.54, 1.807) is 0 Å². The Hall–Kier alpha value is -1.14. The highest BCUT2D eigenvalue weighted by Gasteiger charge is 2.38. The van der Waals surface area contributed by atoms with Crippen molar-refractivity contribution in [3.05, 3.63) is 0 Å². The summed E-state index contributed by atoms with van der Waals surface area (Å²) in [7, 11) is 0. The van der Waals surface area contributed by atoms with Crippen LogP contribution >= 0.6 is 0 Å². The first-order chi connectivity index (χ1) is 8.75. The van der Waals surface area contributed by atoms with Crippen molar-refractivity contribution in [3.8, 4) is 0 Å². The maximum Gasteiger partial charge on any atom is 0.253 e. The van der Waals surface area contributed by atoms with Gasteiger partial charge in [-0.15, -0.1) is 0 Å². The maximum atomic E-state index is 12.3.